The molecule has 0 atom stereocenters. The summed E-state index contributed by atoms with van der Waals surface area (Å²) < 4.78 is 85.7. The summed E-state index contributed by atoms with van der Waals surface area (Å²) in [5.74, 6) is 0.519. The Morgan fingerprint density at radius 2 is 1.66 bits per heavy atom. The quantitative estimate of drug-likeness (QED) is 0.276. The molecule has 0 spiro atoms. The van der Waals surface area contributed by atoms with Gasteiger partial charge in [-0.05, 0) is 83.5 Å². The number of carbonyl (C=O) groups excluding carboxylic acids is 1. The lowest BCUT2D eigenvalue weighted by atomic mass is 9.85. The average molecular weight is 539 g/mol. The number of alkyl halides is 6. The normalized spacial score (nSPS) is 14.5. The highest BCUT2D eigenvalue weighted by Gasteiger charge is 2.37. The summed E-state index contributed by atoms with van der Waals surface area (Å²) >= 11 is 0. The molecule has 0 amide bonds. The van der Waals surface area contributed by atoms with Crippen LogP contribution in [0.1, 0.15) is 58.3 Å². The molecule has 0 saturated carbocycles. The number of benzene rings is 2. The average Bonchev–Trinajstić information content (AvgIpc) is 3.42. The Labute approximate surface area is 213 Å². The number of hydrogen-bond donors (Lipinski definition) is 1. The smallest absolute Gasteiger partial charge is 0.416 e. The minimum absolute atomic E-state index is 0.0127. The molecule has 0 saturated heterocycles. The lowest BCUT2D eigenvalue weighted by Crippen LogP contribution is -2.28. The largest absolute Gasteiger partial charge is 0.497 e. The molecular weight excluding hydrogens is 516 g/mol. The summed E-state index contributed by atoms with van der Waals surface area (Å²) in [5, 5.41) is 13.6. The molecular formula is C25H23F6N5O2. The summed E-state index contributed by atoms with van der Waals surface area (Å²) in [7, 11) is 1.48. The first-order chi connectivity index (χ1) is 18.0. The van der Waals surface area contributed by atoms with Gasteiger partial charge in [0.1, 0.15) is 5.75 Å². The van der Waals surface area contributed by atoms with Gasteiger partial charge < -0.3 is 9.64 Å². The minimum atomic E-state index is -4.97. The van der Waals surface area contributed by atoms with Crippen LogP contribution in [0.4, 0.5) is 32.3 Å². The number of nitrogens with one attached hydrogen (secondary N) is 1. The van der Waals surface area contributed by atoms with Crippen molar-refractivity contribution in [2.45, 2.75) is 44.6 Å². The minimum Gasteiger partial charge on any atom is -0.497 e. The Hall–Kier alpha value is -3.90. The third-order valence-corrected chi connectivity index (χ3v) is 6.31. The molecule has 1 aliphatic rings. The van der Waals surface area contributed by atoms with Gasteiger partial charge in [-0.2, -0.15) is 31.6 Å². The van der Waals surface area contributed by atoms with Crippen LogP contribution in [0.5, 0.6) is 5.75 Å². The molecule has 1 N–H and O–H groups in total. The topological polar surface area (TPSA) is 84.0 Å². The van der Waals surface area contributed by atoms with Crippen LogP contribution >= 0.6 is 0 Å². The van der Waals surface area contributed by atoms with Crippen molar-refractivity contribution in [2.75, 3.05) is 18.6 Å². The van der Waals surface area contributed by atoms with Crippen molar-refractivity contribution in [1.82, 2.24) is 20.6 Å². The van der Waals surface area contributed by atoms with E-state index in [9.17, 15) is 31.1 Å². The second-order valence-corrected chi connectivity index (χ2v) is 8.84. The number of nitrogens with zero attached hydrogens (tertiary/aromatic N) is 4. The summed E-state index contributed by atoms with van der Waals surface area (Å²) in [6.07, 6.45) is -6.28. The second-order valence-electron chi connectivity index (χ2n) is 8.84. The zero-order valence-corrected chi connectivity index (χ0v) is 20.2. The number of carbonyl (C=O) groups is 1. The number of rotatable bonds is 8. The fraction of sp³-hybridized carbons (Fsp3) is 0.360. The van der Waals surface area contributed by atoms with Crippen LogP contribution in [0, 0.1) is 0 Å². The van der Waals surface area contributed by atoms with Gasteiger partial charge in [-0.3, -0.25) is 4.79 Å². The van der Waals surface area contributed by atoms with E-state index >= 15 is 0 Å². The SMILES string of the molecule is COc1ccc(C2=C(CN(Cc3cc(C(F)(F)F)cc(C(F)(F)F)c3)c3nn[nH]n3)CCCC2)c(C=O)c1. The maximum Gasteiger partial charge on any atom is 0.416 e. The van der Waals surface area contributed by atoms with E-state index in [0.717, 1.165) is 30.3 Å². The molecule has 1 aliphatic carbocycles. The molecule has 1 heterocycles. The number of methoxy groups -OCH3 is 1. The zero-order chi connectivity index (χ0) is 27.5. The number of allylic oxidation sites excluding steroid dienone is 1. The molecule has 0 bridgehead atoms. The van der Waals surface area contributed by atoms with Crippen molar-refractivity contribution in [3.8, 4) is 5.75 Å². The molecule has 38 heavy (non-hydrogen) atoms. The predicted octanol–water partition coefficient (Wildman–Crippen LogP) is 6.09. The van der Waals surface area contributed by atoms with Gasteiger partial charge in [0.25, 0.3) is 5.95 Å². The summed E-state index contributed by atoms with van der Waals surface area (Å²) in [4.78, 5) is 13.3. The van der Waals surface area contributed by atoms with Crippen LogP contribution in [0.2, 0.25) is 0 Å². The van der Waals surface area contributed by atoms with E-state index in [1.165, 1.54) is 12.0 Å². The Balaban J connectivity index is 1.76. The standard InChI is InChI=1S/C25H23F6N5O2/c1-38-20-6-7-22(17(10-20)14-37)21-5-3-2-4-16(21)13-36(23-32-34-35-33-23)12-15-8-18(24(26,27)28)11-19(9-15)25(29,30)31/h6-11,14H,2-5,12-13H2,1H3,(H,32,33,34,35). The maximum atomic E-state index is 13.4. The molecule has 2 aromatic carbocycles. The molecule has 0 fully saturated rings. The molecule has 0 radical (unpaired) electrons. The van der Waals surface area contributed by atoms with Crippen molar-refractivity contribution in [2.24, 2.45) is 0 Å². The van der Waals surface area contributed by atoms with Gasteiger partial charge in [0, 0.05) is 18.7 Å². The highest BCUT2D eigenvalue weighted by molar-refractivity contribution is 5.87. The first-order valence-electron chi connectivity index (χ1n) is 11.6. The number of hydrogen-bond acceptors (Lipinski definition) is 6. The van der Waals surface area contributed by atoms with Crippen molar-refractivity contribution in [3.05, 3.63) is 69.8 Å². The lowest BCUT2D eigenvalue weighted by Gasteiger charge is -2.28. The van der Waals surface area contributed by atoms with Gasteiger partial charge in [0.15, 0.2) is 6.29 Å². The fourth-order valence-corrected chi connectivity index (χ4v) is 4.56. The van der Waals surface area contributed by atoms with E-state index in [2.05, 4.69) is 20.6 Å². The molecule has 3 aromatic rings. The number of halogens is 6. The van der Waals surface area contributed by atoms with Gasteiger partial charge in [0.2, 0.25) is 0 Å². The van der Waals surface area contributed by atoms with E-state index in [4.69, 9.17) is 4.74 Å². The second kappa shape index (κ2) is 10.8. The van der Waals surface area contributed by atoms with Gasteiger partial charge in [-0.25, -0.2) is 0 Å². The van der Waals surface area contributed by atoms with Crippen molar-refractivity contribution in [3.63, 3.8) is 0 Å². The van der Waals surface area contributed by atoms with E-state index in [1.807, 2.05) is 0 Å². The number of aldehydes is 1. The maximum absolute atomic E-state index is 13.4. The van der Waals surface area contributed by atoms with Crippen LogP contribution in [0.3, 0.4) is 0 Å². The zero-order valence-electron chi connectivity index (χ0n) is 20.2. The summed E-state index contributed by atoms with van der Waals surface area (Å²) in [6, 6.07) is 6.57. The lowest BCUT2D eigenvalue weighted by molar-refractivity contribution is -0.143. The first-order valence-corrected chi connectivity index (χ1v) is 11.6. The number of aromatic amines is 1. The summed E-state index contributed by atoms with van der Waals surface area (Å²) in [5.41, 5.74) is -0.150. The van der Waals surface area contributed by atoms with Crippen molar-refractivity contribution >= 4 is 17.8 Å². The Kier molecular flexibility index (Phi) is 7.74. The van der Waals surface area contributed by atoms with Crippen LogP contribution in [-0.2, 0) is 18.9 Å². The molecule has 202 valence electrons. The number of H-pyrrole nitrogens is 1. The van der Waals surface area contributed by atoms with E-state index in [0.29, 0.717) is 41.9 Å². The molecule has 0 unspecified atom stereocenters. The highest BCUT2D eigenvalue weighted by atomic mass is 19.4. The molecule has 1 aromatic heterocycles. The number of tetrazole rings is 1. The molecule has 13 heteroatoms. The third kappa shape index (κ3) is 6.14. The van der Waals surface area contributed by atoms with Crippen LogP contribution in [0.25, 0.3) is 5.57 Å². The van der Waals surface area contributed by atoms with Gasteiger partial charge in [0.05, 0.1) is 18.2 Å². The van der Waals surface area contributed by atoms with Crippen LogP contribution in [0.15, 0.2) is 42.0 Å². The van der Waals surface area contributed by atoms with Gasteiger partial charge in [-0.1, -0.05) is 11.2 Å². The number of ether oxygens (including phenoxy) is 1. The van der Waals surface area contributed by atoms with Crippen LogP contribution in [-0.4, -0.2) is 40.6 Å². The number of aromatic nitrogens is 4. The first kappa shape index (κ1) is 27.1. The predicted molar refractivity (Wildman–Crippen MR) is 125 cm³/mol. The Morgan fingerprint density at radius 1 is 0.974 bits per heavy atom. The Bertz CT molecular complexity index is 1290. The van der Waals surface area contributed by atoms with Gasteiger partial charge in [-0.15, -0.1) is 5.10 Å². The van der Waals surface area contributed by atoms with E-state index < -0.39 is 23.5 Å². The van der Waals surface area contributed by atoms with Crippen molar-refractivity contribution < 1.29 is 35.9 Å². The number of anilines is 1. The summed E-state index contributed by atoms with van der Waals surface area (Å²) in [6.45, 7) is -0.233. The molecule has 0 aliphatic heterocycles. The van der Waals surface area contributed by atoms with E-state index in [-0.39, 0.29) is 30.7 Å². The highest BCUT2D eigenvalue weighted by Crippen LogP contribution is 2.38. The van der Waals surface area contributed by atoms with E-state index in [1.54, 1.807) is 18.2 Å². The third-order valence-electron chi connectivity index (χ3n) is 6.31. The molecule has 4 rings (SSSR count). The fourth-order valence-electron chi connectivity index (χ4n) is 4.56. The van der Waals surface area contributed by atoms with Gasteiger partial charge >= 0.3 is 12.4 Å². The van der Waals surface area contributed by atoms with Crippen LogP contribution < -0.4 is 9.64 Å². The Morgan fingerprint density at radius 3 is 2.24 bits per heavy atom. The molecule has 7 nitrogen and oxygen atoms in total. The van der Waals surface area contributed by atoms with Crippen molar-refractivity contribution in [1.29, 1.82) is 0 Å². The monoisotopic (exact) mass is 539 g/mol.